The first-order chi connectivity index (χ1) is 15.0. The summed E-state index contributed by atoms with van der Waals surface area (Å²) in [5, 5.41) is 20.5. The number of nitrogens with zero attached hydrogens (tertiary/aromatic N) is 1. The van der Waals surface area contributed by atoms with Gasteiger partial charge < -0.3 is 20.7 Å². The van der Waals surface area contributed by atoms with Gasteiger partial charge in [0.2, 0.25) is 0 Å². The zero-order chi connectivity index (χ0) is 22.1. The van der Waals surface area contributed by atoms with Crippen molar-refractivity contribution in [1.29, 1.82) is 0 Å². The van der Waals surface area contributed by atoms with Crippen LogP contribution in [0.15, 0.2) is 78.9 Å². The lowest BCUT2D eigenvalue weighted by Crippen LogP contribution is -2.30. The minimum absolute atomic E-state index is 0.0660. The molecule has 3 aromatic carbocycles. The van der Waals surface area contributed by atoms with E-state index < -0.39 is 12.0 Å². The highest BCUT2D eigenvalue weighted by Gasteiger charge is 2.14. The Morgan fingerprint density at radius 3 is 2.32 bits per heavy atom. The molecular formula is C25H28N2O4. The fourth-order valence-corrected chi connectivity index (χ4v) is 3.39. The number of primary amides is 1. The zero-order valence-electron chi connectivity index (χ0n) is 17.4. The first-order valence-corrected chi connectivity index (χ1v) is 10.3. The number of carbonyl (C=O) groups is 1. The second-order valence-corrected chi connectivity index (χ2v) is 7.39. The molecule has 0 radical (unpaired) electrons. The number of ether oxygens (including phenoxy) is 1. The van der Waals surface area contributed by atoms with Gasteiger partial charge in [-0.25, -0.2) is 0 Å². The van der Waals surface area contributed by atoms with E-state index in [0.29, 0.717) is 18.9 Å². The topological polar surface area (TPSA) is 96.0 Å². The van der Waals surface area contributed by atoms with Crippen LogP contribution in [-0.2, 0) is 6.54 Å². The molecular weight excluding hydrogens is 392 g/mol. The Morgan fingerprint density at radius 2 is 1.68 bits per heavy atom. The third kappa shape index (κ3) is 6.84. The Bertz CT molecular complexity index is 964. The van der Waals surface area contributed by atoms with Gasteiger partial charge in [0, 0.05) is 25.7 Å². The monoisotopic (exact) mass is 420 g/mol. The second kappa shape index (κ2) is 11.2. The van der Waals surface area contributed by atoms with Gasteiger partial charge >= 0.3 is 0 Å². The highest BCUT2D eigenvalue weighted by molar-refractivity contribution is 5.95. The lowest BCUT2D eigenvalue weighted by Gasteiger charge is -2.25. The molecule has 31 heavy (non-hydrogen) atoms. The number of aliphatic hydroxyl groups is 1. The van der Waals surface area contributed by atoms with E-state index in [1.165, 1.54) is 17.7 Å². The third-order valence-electron chi connectivity index (χ3n) is 4.99. The van der Waals surface area contributed by atoms with Gasteiger partial charge in [0.25, 0.3) is 5.91 Å². The maximum absolute atomic E-state index is 11.2. The van der Waals surface area contributed by atoms with Crippen molar-refractivity contribution >= 4 is 5.91 Å². The normalized spacial score (nSPS) is 11.9. The van der Waals surface area contributed by atoms with Crippen LogP contribution in [-0.4, -0.2) is 40.7 Å². The van der Waals surface area contributed by atoms with Crippen LogP contribution in [0, 0.1) is 0 Å². The quantitative estimate of drug-likeness (QED) is 0.413. The van der Waals surface area contributed by atoms with E-state index in [9.17, 15) is 15.0 Å². The molecule has 0 heterocycles. The van der Waals surface area contributed by atoms with Crippen molar-refractivity contribution in [2.24, 2.45) is 5.73 Å². The average molecular weight is 421 g/mol. The highest BCUT2D eigenvalue weighted by Crippen LogP contribution is 2.23. The summed E-state index contributed by atoms with van der Waals surface area (Å²) < 4.78 is 5.71. The number of benzene rings is 3. The van der Waals surface area contributed by atoms with Crippen molar-refractivity contribution in [1.82, 2.24) is 4.90 Å². The number of aliphatic hydroxyl groups excluding tert-OH is 1. The fraction of sp³-hybridized carbons (Fsp3) is 0.240. The zero-order valence-corrected chi connectivity index (χ0v) is 17.4. The number of nitrogens with two attached hydrogens (primary N) is 1. The Kier molecular flexibility index (Phi) is 8.04. The van der Waals surface area contributed by atoms with E-state index in [2.05, 4.69) is 17.0 Å². The molecule has 0 aromatic heterocycles. The summed E-state index contributed by atoms with van der Waals surface area (Å²) in [6.07, 6.45) is 0.149. The number of hydrogen-bond acceptors (Lipinski definition) is 5. The van der Waals surface area contributed by atoms with E-state index in [1.807, 2.05) is 48.5 Å². The molecule has 0 bridgehead atoms. The average Bonchev–Trinajstić information content (AvgIpc) is 2.77. The van der Waals surface area contributed by atoms with Gasteiger partial charge in [0.05, 0.1) is 18.3 Å². The molecule has 1 unspecified atom stereocenters. The molecule has 1 atom stereocenters. The van der Waals surface area contributed by atoms with Gasteiger partial charge in [-0.15, -0.1) is 0 Å². The fourth-order valence-electron chi connectivity index (χ4n) is 3.39. The highest BCUT2D eigenvalue weighted by atomic mass is 16.5. The maximum atomic E-state index is 11.2. The lowest BCUT2D eigenvalue weighted by atomic mass is 10.1. The molecule has 162 valence electrons. The van der Waals surface area contributed by atoms with Gasteiger partial charge in [-0.1, -0.05) is 60.7 Å². The predicted octanol–water partition coefficient (Wildman–Crippen LogP) is 3.50. The summed E-state index contributed by atoms with van der Waals surface area (Å²) in [5.74, 6) is -0.402. The van der Waals surface area contributed by atoms with Crippen LogP contribution < -0.4 is 10.5 Å². The van der Waals surface area contributed by atoms with Crippen molar-refractivity contribution in [2.75, 3.05) is 19.7 Å². The smallest absolute Gasteiger partial charge is 0.252 e. The maximum Gasteiger partial charge on any atom is 0.252 e. The Hall–Kier alpha value is -3.35. The van der Waals surface area contributed by atoms with Crippen LogP contribution in [0.25, 0.3) is 0 Å². The van der Waals surface area contributed by atoms with Crippen molar-refractivity contribution in [2.45, 2.75) is 19.1 Å². The molecule has 0 saturated heterocycles. The number of phenols is 1. The molecule has 3 rings (SSSR count). The molecule has 3 aromatic rings. The van der Waals surface area contributed by atoms with Crippen LogP contribution >= 0.6 is 0 Å². The first kappa shape index (κ1) is 22.3. The summed E-state index contributed by atoms with van der Waals surface area (Å²) >= 11 is 0. The van der Waals surface area contributed by atoms with Gasteiger partial charge in [0.1, 0.15) is 11.5 Å². The first-order valence-electron chi connectivity index (χ1n) is 10.3. The van der Waals surface area contributed by atoms with E-state index in [4.69, 9.17) is 10.5 Å². The van der Waals surface area contributed by atoms with Crippen LogP contribution in [0.4, 0.5) is 0 Å². The molecule has 6 nitrogen and oxygen atoms in total. The molecule has 4 N–H and O–H groups in total. The number of aromatic hydroxyl groups is 1. The van der Waals surface area contributed by atoms with Crippen molar-refractivity contribution in [3.05, 3.63) is 95.6 Å². The Labute approximate surface area is 182 Å². The predicted molar refractivity (Wildman–Crippen MR) is 120 cm³/mol. The molecule has 1 amide bonds. The molecule has 0 aliphatic rings. The van der Waals surface area contributed by atoms with Crippen LogP contribution in [0.2, 0.25) is 0 Å². The molecule has 0 spiro atoms. The Balaban J connectivity index is 1.56. The number of amides is 1. The number of rotatable bonds is 11. The summed E-state index contributed by atoms with van der Waals surface area (Å²) in [5.41, 5.74) is 7.33. The molecule has 0 saturated carbocycles. The van der Waals surface area contributed by atoms with Gasteiger partial charge in [-0.2, -0.15) is 0 Å². The largest absolute Gasteiger partial charge is 0.507 e. The summed E-state index contributed by atoms with van der Waals surface area (Å²) in [6.45, 7) is 2.39. The van der Waals surface area contributed by atoms with Crippen molar-refractivity contribution in [3.63, 3.8) is 0 Å². The standard InChI is InChI=1S/C25H28N2O4/c26-25(30)22-13-12-21(16-23(22)28)31-15-7-14-27(17-19-8-3-1-4-9-19)18-24(29)20-10-5-2-6-11-20/h1-6,8-13,16,24,28-29H,7,14-15,17-18H2,(H2,26,30). The second-order valence-electron chi connectivity index (χ2n) is 7.39. The van der Waals surface area contributed by atoms with Gasteiger partial charge in [-0.05, 0) is 29.7 Å². The Morgan fingerprint density at radius 1 is 1.00 bits per heavy atom. The minimum Gasteiger partial charge on any atom is -0.507 e. The molecule has 6 heteroatoms. The van der Waals surface area contributed by atoms with E-state index in [0.717, 1.165) is 25.1 Å². The van der Waals surface area contributed by atoms with Crippen molar-refractivity contribution in [3.8, 4) is 11.5 Å². The van der Waals surface area contributed by atoms with Crippen LogP contribution in [0.1, 0.15) is 34.0 Å². The van der Waals surface area contributed by atoms with Gasteiger partial charge in [0.15, 0.2) is 0 Å². The van der Waals surface area contributed by atoms with Crippen molar-refractivity contribution < 1.29 is 19.7 Å². The molecule has 0 aliphatic carbocycles. The van der Waals surface area contributed by atoms with Crippen LogP contribution in [0.5, 0.6) is 11.5 Å². The third-order valence-corrected chi connectivity index (χ3v) is 4.99. The van der Waals surface area contributed by atoms with Crippen LogP contribution in [0.3, 0.4) is 0 Å². The SMILES string of the molecule is NC(=O)c1ccc(OCCCN(Cc2ccccc2)CC(O)c2ccccc2)cc1O. The number of carbonyl (C=O) groups excluding carboxylic acids is 1. The van der Waals surface area contributed by atoms with E-state index >= 15 is 0 Å². The minimum atomic E-state index is -0.683. The van der Waals surface area contributed by atoms with E-state index in [1.54, 1.807) is 6.07 Å². The van der Waals surface area contributed by atoms with E-state index in [-0.39, 0.29) is 11.3 Å². The molecule has 0 fully saturated rings. The summed E-state index contributed by atoms with van der Waals surface area (Å²) in [6, 6.07) is 24.2. The number of hydrogen-bond donors (Lipinski definition) is 3. The molecule has 0 aliphatic heterocycles. The van der Waals surface area contributed by atoms with Gasteiger partial charge in [-0.3, -0.25) is 9.69 Å². The summed E-state index contributed by atoms with van der Waals surface area (Å²) in [7, 11) is 0. The summed E-state index contributed by atoms with van der Waals surface area (Å²) in [4.78, 5) is 13.4. The lowest BCUT2D eigenvalue weighted by molar-refractivity contribution is 0.0997.